The molecule has 1 aliphatic carbocycles. The molecule has 4 rings (SSSR count). The van der Waals surface area contributed by atoms with Gasteiger partial charge in [-0.25, -0.2) is 0 Å². The summed E-state index contributed by atoms with van der Waals surface area (Å²) >= 11 is 0. The number of rotatable bonds is 7. The van der Waals surface area contributed by atoms with Gasteiger partial charge < -0.3 is 10.2 Å². The van der Waals surface area contributed by atoms with Gasteiger partial charge in [-0.15, -0.1) is 12.4 Å². The number of aryl methyl sites for hydroxylation is 2. The van der Waals surface area contributed by atoms with Crippen LogP contribution in [0.25, 0.3) is 0 Å². The summed E-state index contributed by atoms with van der Waals surface area (Å²) in [6.45, 7) is 3.08. The van der Waals surface area contributed by atoms with E-state index in [-0.39, 0.29) is 24.2 Å². The van der Waals surface area contributed by atoms with Crippen LogP contribution in [-0.2, 0) is 24.2 Å². The molecule has 2 aliphatic rings. The topological polar surface area (TPSA) is 52.7 Å². The van der Waals surface area contributed by atoms with Crippen molar-refractivity contribution in [2.24, 2.45) is 0 Å². The van der Waals surface area contributed by atoms with E-state index in [9.17, 15) is 9.59 Å². The summed E-state index contributed by atoms with van der Waals surface area (Å²) in [5, 5.41) is 3.05. The van der Waals surface area contributed by atoms with Crippen LogP contribution in [0.15, 0.2) is 36.4 Å². The molecule has 2 aromatic carbocycles. The fourth-order valence-electron chi connectivity index (χ4n) is 5.26. The molecule has 0 unspecified atom stereocenters. The maximum Gasteiger partial charge on any atom is 0.255 e. The number of nitrogens with zero attached hydrogens (tertiary/aromatic N) is 2. The number of fused-ring (bicyclic) bond motifs is 1. The molecule has 1 heterocycles. The van der Waals surface area contributed by atoms with E-state index in [0.717, 1.165) is 42.7 Å². The van der Waals surface area contributed by atoms with Gasteiger partial charge in [0.05, 0.1) is 0 Å². The van der Waals surface area contributed by atoms with Gasteiger partial charge in [0.2, 0.25) is 5.91 Å². The fraction of sp³-hybridized carbons (Fsp3) is 0.500. The summed E-state index contributed by atoms with van der Waals surface area (Å²) in [5.74, 6) is 0.00794. The second kappa shape index (κ2) is 11.9. The van der Waals surface area contributed by atoms with Gasteiger partial charge in [-0.2, -0.15) is 0 Å². The predicted octanol–water partition coefficient (Wildman–Crippen LogP) is 5.99. The molecular formula is C28H38ClN3O2. The molecule has 1 fully saturated rings. The van der Waals surface area contributed by atoms with Crippen molar-refractivity contribution in [2.75, 3.05) is 24.3 Å². The molecule has 6 heteroatoms. The minimum atomic E-state index is -0.107. The zero-order valence-corrected chi connectivity index (χ0v) is 21.5. The van der Waals surface area contributed by atoms with Crippen molar-refractivity contribution in [1.82, 2.24) is 4.90 Å². The maximum atomic E-state index is 13.1. The molecule has 1 aliphatic heterocycles. The Hall–Kier alpha value is -2.37. The van der Waals surface area contributed by atoms with Gasteiger partial charge >= 0.3 is 0 Å². The van der Waals surface area contributed by atoms with Crippen LogP contribution in [0.5, 0.6) is 0 Å². The number of hydrogen-bond donors (Lipinski definition) is 1. The van der Waals surface area contributed by atoms with Crippen LogP contribution in [0.2, 0.25) is 0 Å². The highest BCUT2D eigenvalue weighted by Crippen LogP contribution is 2.30. The first kappa shape index (κ1) is 26.2. The lowest BCUT2D eigenvalue weighted by Gasteiger charge is -2.31. The first-order valence-electron chi connectivity index (χ1n) is 12.5. The molecule has 184 valence electrons. The number of hydrogen-bond acceptors (Lipinski definition) is 3. The zero-order chi connectivity index (χ0) is 23.4. The Kier molecular flexibility index (Phi) is 9.15. The number of amides is 2. The van der Waals surface area contributed by atoms with E-state index in [2.05, 4.69) is 36.3 Å². The molecule has 1 N–H and O–H groups in total. The Morgan fingerprint density at radius 1 is 1.06 bits per heavy atom. The third-order valence-electron chi connectivity index (χ3n) is 7.29. The van der Waals surface area contributed by atoms with Crippen LogP contribution in [0.1, 0.15) is 78.9 Å². The molecule has 2 aromatic rings. The molecular weight excluding hydrogens is 446 g/mol. The van der Waals surface area contributed by atoms with Gasteiger partial charge in [0, 0.05) is 43.0 Å². The van der Waals surface area contributed by atoms with E-state index in [1.54, 1.807) is 11.9 Å². The van der Waals surface area contributed by atoms with Crippen molar-refractivity contribution in [3.8, 4) is 0 Å². The van der Waals surface area contributed by atoms with Crippen molar-refractivity contribution in [2.45, 2.75) is 77.3 Å². The highest BCUT2D eigenvalue weighted by molar-refractivity contribution is 6.05. The third-order valence-corrected chi connectivity index (χ3v) is 7.29. The quantitative estimate of drug-likeness (QED) is 0.526. The van der Waals surface area contributed by atoms with Crippen molar-refractivity contribution < 1.29 is 9.59 Å². The molecule has 34 heavy (non-hydrogen) atoms. The van der Waals surface area contributed by atoms with Gasteiger partial charge in [0.1, 0.15) is 0 Å². The van der Waals surface area contributed by atoms with Crippen molar-refractivity contribution in [3.05, 3.63) is 58.7 Å². The first-order valence-corrected chi connectivity index (χ1v) is 12.5. The Labute approximate surface area is 210 Å². The molecule has 2 amide bonds. The number of carbonyl (C=O) groups is 2. The van der Waals surface area contributed by atoms with Gasteiger partial charge in [-0.1, -0.05) is 44.7 Å². The highest BCUT2D eigenvalue weighted by Gasteiger charge is 2.22. The summed E-state index contributed by atoms with van der Waals surface area (Å²) in [7, 11) is 4.02. The minimum absolute atomic E-state index is 0. The molecule has 0 aromatic heterocycles. The maximum absolute atomic E-state index is 13.1. The van der Waals surface area contributed by atoms with E-state index < -0.39 is 0 Å². The summed E-state index contributed by atoms with van der Waals surface area (Å²) in [4.78, 5) is 29.4. The number of benzene rings is 2. The summed E-state index contributed by atoms with van der Waals surface area (Å²) < 4.78 is 0. The van der Waals surface area contributed by atoms with E-state index in [4.69, 9.17) is 0 Å². The van der Waals surface area contributed by atoms with Crippen molar-refractivity contribution >= 4 is 35.6 Å². The monoisotopic (exact) mass is 483 g/mol. The molecule has 0 spiro atoms. The molecule has 5 nitrogen and oxygen atoms in total. The minimum Gasteiger partial charge on any atom is -0.322 e. The Morgan fingerprint density at radius 2 is 1.82 bits per heavy atom. The van der Waals surface area contributed by atoms with Gasteiger partial charge in [-0.05, 0) is 73.7 Å². The average molecular weight is 484 g/mol. The molecule has 0 radical (unpaired) electrons. The fourth-order valence-corrected chi connectivity index (χ4v) is 5.26. The molecule has 1 saturated carbocycles. The smallest absolute Gasteiger partial charge is 0.255 e. The number of carbonyl (C=O) groups excluding carboxylic acids is 2. The molecule has 0 atom stereocenters. The van der Waals surface area contributed by atoms with Crippen LogP contribution in [0, 0.1) is 0 Å². The van der Waals surface area contributed by atoms with Gasteiger partial charge in [-0.3, -0.25) is 14.5 Å². The van der Waals surface area contributed by atoms with E-state index in [0.29, 0.717) is 18.0 Å². The van der Waals surface area contributed by atoms with E-state index in [1.165, 1.54) is 43.2 Å². The lowest BCUT2D eigenvalue weighted by molar-refractivity contribution is -0.118. The Morgan fingerprint density at radius 3 is 2.56 bits per heavy atom. The lowest BCUT2D eigenvalue weighted by Crippen LogP contribution is -2.33. The highest BCUT2D eigenvalue weighted by atomic mass is 35.5. The largest absolute Gasteiger partial charge is 0.322 e. The SMILES string of the molecule is CCCc1ccc(C(=O)Nc2ccc3c(c2)N(C)C(=O)CC3)cc1CN(C)C1CCCCC1.Cl. The number of halogens is 1. The van der Waals surface area contributed by atoms with Crippen LogP contribution in [0.4, 0.5) is 11.4 Å². The second-order valence-electron chi connectivity index (χ2n) is 9.69. The predicted molar refractivity (Wildman–Crippen MR) is 142 cm³/mol. The van der Waals surface area contributed by atoms with Gasteiger partial charge in [0.25, 0.3) is 5.91 Å². The summed E-state index contributed by atoms with van der Waals surface area (Å²) in [6.07, 6.45) is 9.95. The van der Waals surface area contributed by atoms with Crippen molar-refractivity contribution in [1.29, 1.82) is 0 Å². The normalized spacial score (nSPS) is 16.2. The van der Waals surface area contributed by atoms with Crippen molar-refractivity contribution in [3.63, 3.8) is 0 Å². The first-order chi connectivity index (χ1) is 16.0. The van der Waals surface area contributed by atoms with Gasteiger partial charge in [0.15, 0.2) is 0 Å². The average Bonchev–Trinajstić information content (AvgIpc) is 2.83. The van der Waals surface area contributed by atoms with Crippen LogP contribution >= 0.6 is 12.4 Å². The second-order valence-corrected chi connectivity index (χ2v) is 9.69. The summed E-state index contributed by atoms with van der Waals surface area (Å²) in [6, 6.07) is 12.6. The van der Waals surface area contributed by atoms with Crippen LogP contribution in [0.3, 0.4) is 0 Å². The summed E-state index contributed by atoms with van der Waals surface area (Å²) in [5.41, 5.74) is 6.03. The van der Waals surface area contributed by atoms with Crippen LogP contribution in [-0.4, -0.2) is 36.9 Å². The number of anilines is 2. The number of nitrogens with one attached hydrogen (secondary N) is 1. The van der Waals surface area contributed by atoms with Crippen LogP contribution < -0.4 is 10.2 Å². The Balaban J connectivity index is 0.00000324. The molecule has 0 saturated heterocycles. The zero-order valence-electron chi connectivity index (χ0n) is 20.7. The van der Waals surface area contributed by atoms with E-state index in [1.807, 2.05) is 24.3 Å². The Bertz CT molecular complexity index is 1020. The van der Waals surface area contributed by atoms with E-state index >= 15 is 0 Å². The standard InChI is InChI=1S/C28H37N3O2.ClH/c1-4-8-20-11-12-22(17-23(20)19-30(2)25-9-6-5-7-10-25)28(33)29-24-15-13-21-14-16-27(32)31(3)26(21)18-24;/h11-13,15,17-18,25H,4-10,14,16,19H2,1-3H3,(H,29,33);1H. The lowest BCUT2D eigenvalue weighted by atomic mass is 9.93. The molecule has 0 bridgehead atoms. The third kappa shape index (κ3) is 6.00.